The van der Waals surface area contributed by atoms with E-state index in [1.54, 1.807) is 12.1 Å². The Labute approximate surface area is 115 Å². The number of benzene rings is 1. The number of aryl methyl sites for hydroxylation is 1. The average Bonchev–Trinajstić information content (AvgIpc) is 2.25. The van der Waals surface area contributed by atoms with Crippen LogP contribution in [0.15, 0.2) is 29.2 Å². The van der Waals surface area contributed by atoms with Gasteiger partial charge in [0.15, 0.2) is 9.84 Å². The summed E-state index contributed by atoms with van der Waals surface area (Å²) in [6.07, 6.45) is 2.52. The Bertz CT molecular complexity index is 482. The van der Waals surface area contributed by atoms with Crippen LogP contribution in [0, 0.1) is 12.3 Å². The summed E-state index contributed by atoms with van der Waals surface area (Å²) in [7, 11) is -3.24. The quantitative estimate of drug-likeness (QED) is 0.842. The van der Waals surface area contributed by atoms with Gasteiger partial charge >= 0.3 is 0 Å². The third-order valence-corrected chi connectivity index (χ3v) is 6.56. The van der Waals surface area contributed by atoms with Crippen molar-refractivity contribution in [3.63, 3.8) is 0 Å². The minimum absolute atomic E-state index is 0.00540. The van der Waals surface area contributed by atoms with E-state index in [2.05, 4.69) is 20.8 Å². The molecule has 0 aliphatic heterocycles. The molecule has 1 atom stereocenters. The van der Waals surface area contributed by atoms with Crippen LogP contribution in [0.3, 0.4) is 0 Å². The molecule has 0 aromatic heterocycles. The Kier molecular flexibility index (Phi) is 4.90. The highest BCUT2D eigenvalue weighted by atomic mass is 32.3. The largest absolute Gasteiger partial charge is 0.223 e. The summed E-state index contributed by atoms with van der Waals surface area (Å²) >= 11 is 1.41. The van der Waals surface area contributed by atoms with E-state index in [0.717, 1.165) is 5.56 Å². The summed E-state index contributed by atoms with van der Waals surface area (Å²) in [4.78, 5) is 0.428. The zero-order valence-corrected chi connectivity index (χ0v) is 13.4. The summed E-state index contributed by atoms with van der Waals surface area (Å²) in [5, 5.41) is 0. The normalized spacial score (nSPS) is 14.5. The van der Waals surface area contributed by atoms with Crippen LogP contribution in [0.4, 0.5) is 0 Å². The third kappa shape index (κ3) is 4.02. The van der Waals surface area contributed by atoms with Gasteiger partial charge < -0.3 is 0 Å². The standard InChI is InChI=1S/C14H22O2S2/c1-11-6-8-12(9-7-11)18(15,16)13(17-5)10-14(2,3)4/h6-9,13H,10H2,1-5H3. The van der Waals surface area contributed by atoms with Crippen LogP contribution >= 0.6 is 11.8 Å². The summed E-state index contributed by atoms with van der Waals surface area (Å²) in [5.41, 5.74) is 1.08. The van der Waals surface area contributed by atoms with Gasteiger partial charge in [-0.15, -0.1) is 11.8 Å². The van der Waals surface area contributed by atoms with E-state index < -0.39 is 9.84 Å². The fraction of sp³-hybridized carbons (Fsp3) is 0.571. The van der Waals surface area contributed by atoms with Gasteiger partial charge in [-0.1, -0.05) is 38.5 Å². The Morgan fingerprint density at radius 2 is 1.67 bits per heavy atom. The van der Waals surface area contributed by atoms with Gasteiger partial charge in [-0.25, -0.2) is 8.42 Å². The van der Waals surface area contributed by atoms with Gasteiger partial charge in [0.2, 0.25) is 0 Å². The van der Waals surface area contributed by atoms with Gasteiger partial charge in [0, 0.05) is 0 Å². The average molecular weight is 286 g/mol. The fourth-order valence-electron chi connectivity index (χ4n) is 1.70. The molecule has 1 unspecified atom stereocenters. The second kappa shape index (κ2) is 5.66. The summed E-state index contributed by atoms with van der Waals surface area (Å²) in [5.74, 6) is 0. The SMILES string of the molecule is CSC(CC(C)(C)C)S(=O)(=O)c1ccc(C)cc1. The second-order valence-electron chi connectivity index (χ2n) is 5.79. The first kappa shape index (κ1) is 15.6. The number of hydrogen-bond donors (Lipinski definition) is 0. The molecular weight excluding hydrogens is 264 g/mol. The molecule has 0 saturated heterocycles. The van der Waals surface area contributed by atoms with E-state index in [4.69, 9.17) is 0 Å². The van der Waals surface area contributed by atoms with Crippen LogP contribution in [0.25, 0.3) is 0 Å². The molecular formula is C14H22O2S2. The van der Waals surface area contributed by atoms with Crippen molar-refractivity contribution in [1.82, 2.24) is 0 Å². The minimum Gasteiger partial charge on any atom is -0.223 e. The molecule has 18 heavy (non-hydrogen) atoms. The summed E-state index contributed by atoms with van der Waals surface area (Å²) in [6, 6.07) is 7.11. The first-order chi connectivity index (χ1) is 8.16. The smallest absolute Gasteiger partial charge is 0.190 e. The molecule has 0 spiro atoms. The van der Waals surface area contributed by atoms with E-state index in [-0.39, 0.29) is 10.00 Å². The van der Waals surface area contributed by atoms with E-state index >= 15 is 0 Å². The molecule has 0 heterocycles. The van der Waals surface area contributed by atoms with E-state index in [1.165, 1.54) is 11.8 Å². The molecule has 4 heteroatoms. The van der Waals surface area contributed by atoms with E-state index in [1.807, 2.05) is 25.3 Å². The van der Waals surface area contributed by atoms with Gasteiger partial charge in [-0.3, -0.25) is 0 Å². The molecule has 0 bridgehead atoms. The monoisotopic (exact) mass is 286 g/mol. The van der Waals surface area contributed by atoms with Gasteiger partial charge in [-0.2, -0.15) is 0 Å². The van der Waals surface area contributed by atoms with Crippen molar-refractivity contribution in [2.45, 2.75) is 43.6 Å². The van der Waals surface area contributed by atoms with Crippen molar-refractivity contribution in [2.24, 2.45) is 5.41 Å². The maximum atomic E-state index is 12.5. The van der Waals surface area contributed by atoms with Crippen LogP contribution in [-0.4, -0.2) is 19.3 Å². The van der Waals surface area contributed by atoms with Crippen LogP contribution < -0.4 is 0 Å². The lowest BCUT2D eigenvalue weighted by molar-refractivity contribution is 0.390. The van der Waals surface area contributed by atoms with Gasteiger partial charge in [0.25, 0.3) is 0 Å². The number of sulfone groups is 1. The van der Waals surface area contributed by atoms with E-state index in [0.29, 0.717) is 11.3 Å². The topological polar surface area (TPSA) is 34.1 Å². The molecule has 0 aliphatic carbocycles. The fourth-order valence-corrected chi connectivity index (χ4v) is 5.25. The molecule has 0 radical (unpaired) electrons. The highest BCUT2D eigenvalue weighted by molar-refractivity contribution is 8.13. The Morgan fingerprint density at radius 1 is 1.17 bits per heavy atom. The highest BCUT2D eigenvalue weighted by Gasteiger charge is 2.30. The summed E-state index contributed by atoms with van der Waals surface area (Å²) < 4.78 is 24.7. The molecule has 1 aromatic carbocycles. The molecule has 2 nitrogen and oxygen atoms in total. The maximum absolute atomic E-state index is 12.5. The lowest BCUT2D eigenvalue weighted by Crippen LogP contribution is -2.24. The highest BCUT2D eigenvalue weighted by Crippen LogP contribution is 2.33. The van der Waals surface area contributed by atoms with E-state index in [9.17, 15) is 8.42 Å². The molecule has 102 valence electrons. The minimum atomic E-state index is -3.24. The van der Waals surface area contributed by atoms with Crippen molar-refractivity contribution >= 4 is 21.6 Å². The maximum Gasteiger partial charge on any atom is 0.190 e. The molecule has 0 saturated carbocycles. The molecule has 0 fully saturated rings. The van der Waals surface area contributed by atoms with Gasteiger partial charge in [0.05, 0.1) is 4.90 Å². The van der Waals surface area contributed by atoms with Crippen LogP contribution in [-0.2, 0) is 9.84 Å². The lowest BCUT2D eigenvalue weighted by atomic mass is 9.93. The number of thioether (sulfide) groups is 1. The summed E-state index contributed by atoms with van der Waals surface area (Å²) in [6.45, 7) is 8.17. The predicted octanol–water partition coefficient (Wildman–Crippen LogP) is 3.89. The molecule has 1 aromatic rings. The van der Waals surface area contributed by atoms with Gasteiger partial charge in [0.1, 0.15) is 4.58 Å². The third-order valence-electron chi connectivity index (χ3n) is 2.74. The van der Waals surface area contributed by atoms with Crippen LogP contribution in [0.1, 0.15) is 32.8 Å². The zero-order chi connectivity index (χ0) is 14.0. The Balaban J connectivity index is 3.07. The Hall–Kier alpha value is -0.480. The van der Waals surface area contributed by atoms with Crippen molar-refractivity contribution in [2.75, 3.05) is 6.26 Å². The second-order valence-corrected chi connectivity index (χ2v) is 9.26. The number of hydrogen-bond acceptors (Lipinski definition) is 3. The first-order valence-corrected chi connectivity index (χ1v) is 8.83. The van der Waals surface area contributed by atoms with Crippen LogP contribution in [0.2, 0.25) is 0 Å². The zero-order valence-electron chi connectivity index (χ0n) is 11.7. The first-order valence-electron chi connectivity index (χ1n) is 6.00. The molecule has 0 amide bonds. The molecule has 1 rings (SSSR count). The number of rotatable bonds is 4. The molecule has 0 N–H and O–H groups in total. The molecule has 0 aliphatic rings. The predicted molar refractivity (Wildman–Crippen MR) is 79.7 cm³/mol. The van der Waals surface area contributed by atoms with Gasteiger partial charge in [-0.05, 0) is 37.1 Å². The lowest BCUT2D eigenvalue weighted by Gasteiger charge is -2.24. The van der Waals surface area contributed by atoms with Crippen molar-refractivity contribution in [3.8, 4) is 0 Å². The van der Waals surface area contributed by atoms with Crippen molar-refractivity contribution in [1.29, 1.82) is 0 Å². The van der Waals surface area contributed by atoms with Crippen molar-refractivity contribution in [3.05, 3.63) is 29.8 Å². The van der Waals surface area contributed by atoms with Crippen molar-refractivity contribution < 1.29 is 8.42 Å². The van der Waals surface area contributed by atoms with Crippen LogP contribution in [0.5, 0.6) is 0 Å². The Morgan fingerprint density at radius 3 is 2.06 bits per heavy atom.